The number of carbonyl (C=O) groups excluding carboxylic acids is 1. The fraction of sp³-hybridized carbons (Fsp3) is 0.167. The Morgan fingerprint density at radius 3 is 2.45 bits per heavy atom. The fourth-order valence-electron chi connectivity index (χ4n) is 1.79. The first-order valence-electron chi connectivity index (χ1n) is 6.65. The summed E-state index contributed by atoms with van der Waals surface area (Å²) in [6.45, 7) is 2.55. The van der Waals surface area contributed by atoms with Crippen molar-refractivity contribution in [2.75, 3.05) is 13.2 Å². The third-order valence-electron chi connectivity index (χ3n) is 2.93. The van der Waals surface area contributed by atoms with Crippen molar-refractivity contribution < 1.29 is 9.53 Å². The average molecular weight is 266 g/mol. The van der Waals surface area contributed by atoms with Gasteiger partial charge in [0.2, 0.25) is 0 Å². The van der Waals surface area contributed by atoms with Crippen LogP contribution in [0.5, 0.6) is 0 Å². The van der Waals surface area contributed by atoms with Crippen LogP contribution in [0.3, 0.4) is 0 Å². The Labute approximate surface area is 119 Å². The standard InChI is InChI=1S/C18H18O2/c1-15-9-11-17(12-10-15)18(19)14-20-13-5-8-16-6-3-2-4-7-16/h2-12H,13-14H2,1H3/b8-5+. The van der Waals surface area contributed by atoms with Gasteiger partial charge < -0.3 is 4.74 Å². The summed E-state index contributed by atoms with van der Waals surface area (Å²) in [5.41, 5.74) is 2.97. The Morgan fingerprint density at radius 2 is 1.75 bits per heavy atom. The van der Waals surface area contributed by atoms with Crippen molar-refractivity contribution in [2.45, 2.75) is 6.92 Å². The van der Waals surface area contributed by atoms with E-state index in [1.54, 1.807) is 0 Å². The molecule has 2 nitrogen and oxygen atoms in total. The van der Waals surface area contributed by atoms with E-state index in [2.05, 4.69) is 0 Å². The molecule has 0 bridgehead atoms. The van der Waals surface area contributed by atoms with Crippen LogP contribution in [-0.4, -0.2) is 19.0 Å². The number of rotatable bonds is 6. The highest BCUT2D eigenvalue weighted by atomic mass is 16.5. The minimum atomic E-state index is 0.0121. The van der Waals surface area contributed by atoms with Crippen LogP contribution in [0.2, 0.25) is 0 Å². The maximum Gasteiger partial charge on any atom is 0.188 e. The highest BCUT2D eigenvalue weighted by molar-refractivity contribution is 5.97. The first-order valence-corrected chi connectivity index (χ1v) is 6.65. The van der Waals surface area contributed by atoms with Crippen molar-refractivity contribution >= 4 is 11.9 Å². The van der Waals surface area contributed by atoms with Crippen molar-refractivity contribution in [3.05, 3.63) is 77.4 Å². The molecule has 0 aliphatic heterocycles. The molecule has 2 heteroatoms. The molecule has 0 saturated heterocycles. The van der Waals surface area contributed by atoms with E-state index >= 15 is 0 Å². The lowest BCUT2D eigenvalue weighted by Crippen LogP contribution is -2.08. The summed E-state index contributed by atoms with van der Waals surface area (Å²) in [6.07, 6.45) is 3.90. The van der Waals surface area contributed by atoms with Crippen molar-refractivity contribution in [3.8, 4) is 0 Å². The number of benzene rings is 2. The Morgan fingerprint density at radius 1 is 1.05 bits per heavy atom. The number of Topliss-reactive ketones (excluding diaryl/α,β-unsaturated/α-hetero) is 1. The molecule has 2 aromatic carbocycles. The number of ether oxygens (including phenoxy) is 1. The van der Waals surface area contributed by atoms with E-state index < -0.39 is 0 Å². The predicted octanol–water partition coefficient (Wildman–Crippen LogP) is 3.91. The zero-order valence-electron chi connectivity index (χ0n) is 11.6. The van der Waals surface area contributed by atoms with E-state index in [0.717, 1.165) is 11.1 Å². The molecule has 2 rings (SSSR count). The summed E-state index contributed by atoms with van der Waals surface area (Å²) < 4.78 is 5.37. The summed E-state index contributed by atoms with van der Waals surface area (Å²) in [7, 11) is 0. The average Bonchev–Trinajstić information content (AvgIpc) is 2.48. The fourth-order valence-corrected chi connectivity index (χ4v) is 1.79. The zero-order valence-corrected chi connectivity index (χ0v) is 11.6. The number of aryl methyl sites for hydroxylation is 1. The minimum absolute atomic E-state index is 0.0121. The van der Waals surface area contributed by atoms with Crippen LogP contribution in [-0.2, 0) is 4.74 Å². The summed E-state index contributed by atoms with van der Waals surface area (Å²) in [4.78, 5) is 11.8. The Hall–Kier alpha value is -2.19. The second-order valence-electron chi connectivity index (χ2n) is 4.62. The van der Waals surface area contributed by atoms with Gasteiger partial charge in [-0.1, -0.05) is 72.3 Å². The number of ketones is 1. The van der Waals surface area contributed by atoms with E-state index in [1.807, 2.05) is 73.7 Å². The largest absolute Gasteiger partial charge is 0.369 e. The Balaban J connectivity index is 1.74. The van der Waals surface area contributed by atoms with Crippen molar-refractivity contribution in [1.82, 2.24) is 0 Å². The smallest absolute Gasteiger partial charge is 0.188 e. The predicted molar refractivity (Wildman–Crippen MR) is 81.8 cm³/mol. The first-order chi connectivity index (χ1) is 9.75. The van der Waals surface area contributed by atoms with Crippen molar-refractivity contribution in [1.29, 1.82) is 0 Å². The second-order valence-corrected chi connectivity index (χ2v) is 4.62. The maximum absolute atomic E-state index is 11.8. The van der Waals surface area contributed by atoms with Gasteiger partial charge in [0.05, 0.1) is 6.61 Å². The summed E-state index contributed by atoms with van der Waals surface area (Å²) in [6, 6.07) is 17.5. The molecular weight excluding hydrogens is 248 g/mol. The molecule has 0 atom stereocenters. The summed E-state index contributed by atoms with van der Waals surface area (Å²) >= 11 is 0. The Bertz CT molecular complexity index is 568. The zero-order chi connectivity index (χ0) is 14.2. The molecule has 0 saturated carbocycles. The normalized spacial score (nSPS) is 10.8. The van der Waals surface area contributed by atoms with Gasteiger partial charge in [0.15, 0.2) is 5.78 Å². The van der Waals surface area contributed by atoms with Gasteiger partial charge >= 0.3 is 0 Å². The van der Waals surface area contributed by atoms with Gasteiger partial charge in [-0.3, -0.25) is 4.79 Å². The molecule has 0 fully saturated rings. The molecular formula is C18H18O2. The molecule has 2 aromatic rings. The Kier molecular flexibility index (Phi) is 5.27. The highest BCUT2D eigenvalue weighted by Crippen LogP contribution is 2.04. The lowest BCUT2D eigenvalue weighted by atomic mass is 10.1. The SMILES string of the molecule is Cc1ccc(C(=O)COC/C=C/c2ccccc2)cc1. The highest BCUT2D eigenvalue weighted by Gasteiger charge is 2.04. The maximum atomic E-state index is 11.8. The van der Waals surface area contributed by atoms with Crippen LogP contribution in [0, 0.1) is 6.92 Å². The molecule has 20 heavy (non-hydrogen) atoms. The van der Waals surface area contributed by atoms with Gasteiger partial charge in [-0.2, -0.15) is 0 Å². The third-order valence-corrected chi connectivity index (χ3v) is 2.93. The second kappa shape index (κ2) is 7.41. The molecule has 0 spiro atoms. The molecule has 0 radical (unpaired) electrons. The summed E-state index contributed by atoms with van der Waals surface area (Å²) in [5.74, 6) is 0.0121. The van der Waals surface area contributed by atoms with Gasteiger partial charge in [-0.05, 0) is 12.5 Å². The summed E-state index contributed by atoms with van der Waals surface area (Å²) in [5, 5.41) is 0. The molecule has 0 unspecified atom stereocenters. The lowest BCUT2D eigenvalue weighted by molar-refractivity contribution is 0.0806. The minimum Gasteiger partial charge on any atom is -0.369 e. The van der Waals surface area contributed by atoms with E-state index in [-0.39, 0.29) is 12.4 Å². The third kappa shape index (κ3) is 4.48. The van der Waals surface area contributed by atoms with Gasteiger partial charge in [0, 0.05) is 5.56 Å². The number of hydrogen-bond donors (Lipinski definition) is 0. The molecule has 0 amide bonds. The van der Waals surface area contributed by atoms with Crippen LogP contribution >= 0.6 is 0 Å². The van der Waals surface area contributed by atoms with Gasteiger partial charge in [0.25, 0.3) is 0 Å². The van der Waals surface area contributed by atoms with E-state index in [1.165, 1.54) is 0 Å². The van der Waals surface area contributed by atoms with Crippen LogP contribution in [0.4, 0.5) is 0 Å². The molecule has 102 valence electrons. The van der Waals surface area contributed by atoms with Crippen molar-refractivity contribution in [3.63, 3.8) is 0 Å². The van der Waals surface area contributed by atoms with E-state index in [9.17, 15) is 4.79 Å². The van der Waals surface area contributed by atoms with E-state index in [4.69, 9.17) is 4.74 Å². The van der Waals surface area contributed by atoms with E-state index in [0.29, 0.717) is 12.2 Å². The first kappa shape index (κ1) is 14.2. The monoisotopic (exact) mass is 266 g/mol. The lowest BCUT2D eigenvalue weighted by Gasteiger charge is -2.02. The van der Waals surface area contributed by atoms with Crippen LogP contribution in [0.1, 0.15) is 21.5 Å². The van der Waals surface area contributed by atoms with Crippen LogP contribution in [0.15, 0.2) is 60.7 Å². The van der Waals surface area contributed by atoms with Gasteiger partial charge in [0.1, 0.15) is 6.61 Å². The molecule has 0 aromatic heterocycles. The van der Waals surface area contributed by atoms with Crippen LogP contribution in [0.25, 0.3) is 6.08 Å². The molecule has 0 aliphatic rings. The van der Waals surface area contributed by atoms with Gasteiger partial charge in [-0.15, -0.1) is 0 Å². The van der Waals surface area contributed by atoms with Gasteiger partial charge in [-0.25, -0.2) is 0 Å². The molecule has 0 heterocycles. The number of carbonyl (C=O) groups is 1. The molecule has 0 N–H and O–H groups in total. The quantitative estimate of drug-likeness (QED) is 0.585. The van der Waals surface area contributed by atoms with Crippen LogP contribution < -0.4 is 0 Å². The van der Waals surface area contributed by atoms with Crippen molar-refractivity contribution in [2.24, 2.45) is 0 Å². The topological polar surface area (TPSA) is 26.3 Å². The molecule has 0 aliphatic carbocycles. The number of hydrogen-bond acceptors (Lipinski definition) is 2.